The molecule has 0 spiro atoms. The maximum atomic E-state index is 12.7. The largest absolute Gasteiger partial charge is 0.399 e. The smallest absolute Gasteiger partial charge is 0.305 e. The summed E-state index contributed by atoms with van der Waals surface area (Å²) in [6.45, 7) is 0. The molecule has 8 heteroatoms. The second kappa shape index (κ2) is 6.15. The number of benzene rings is 1. The molecule has 1 nitrogen and oxygen atoms in total. The normalized spacial score (nSPS) is 11.9. The molecule has 0 saturated heterocycles. The SMILES string of the molecule is FC(F)(F)c1[c-]c(-c2ccccn2)cc(C(F)(F)F)c1.[Ir]. The molecular weight excluding hydrogens is 476 g/mol. The molecule has 0 atom stereocenters. The number of alkyl halides is 6. The van der Waals surface area contributed by atoms with Crippen LogP contribution in [-0.2, 0) is 32.5 Å². The average Bonchev–Trinajstić information content (AvgIpc) is 2.37. The first kappa shape index (κ1) is 17.7. The minimum Gasteiger partial charge on any atom is -0.305 e. The molecule has 115 valence electrons. The van der Waals surface area contributed by atoms with Gasteiger partial charge in [0.1, 0.15) is 0 Å². The second-order valence-electron chi connectivity index (χ2n) is 3.91. The first-order valence-corrected chi connectivity index (χ1v) is 5.31. The van der Waals surface area contributed by atoms with Crippen LogP contribution in [0, 0.1) is 6.07 Å². The maximum absolute atomic E-state index is 12.7. The van der Waals surface area contributed by atoms with Crippen molar-refractivity contribution in [3.63, 3.8) is 0 Å². The summed E-state index contributed by atoms with van der Waals surface area (Å²) in [5, 5.41) is 0. The fourth-order valence-corrected chi connectivity index (χ4v) is 1.55. The van der Waals surface area contributed by atoms with Gasteiger partial charge in [-0.2, -0.15) is 26.3 Å². The van der Waals surface area contributed by atoms with Gasteiger partial charge in [0.2, 0.25) is 0 Å². The van der Waals surface area contributed by atoms with Gasteiger partial charge in [0.25, 0.3) is 0 Å². The molecule has 0 bridgehead atoms. The molecule has 0 N–H and O–H groups in total. The minimum absolute atomic E-state index is 0. The van der Waals surface area contributed by atoms with Gasteiger partial charge in [-0.15, -0.1) is 23.8 Å². The molecule has 2 rings (SSSR count). The van der Waals surface area contributed by atoms with Gasteiger partial charge in [0.05, 0.1) is 0 Å². The molecule has 0 unspecified atom stereocenters. The number of nitrogens with zero attached hydrogens (tertiary/aromatic N) is 1. The van der Waals surface area contributed by atoms with Crippen molar-refractivity contribution in [2.24, 2.45) is 0 Å². The monoisotopic (exact) mass is 483 g/mol. The molecule has 2 aromatic rings. The van der Waals surface area contributed by atoms with E-state index in [0.29, 0.717) is 6.07 Å². The van der Waals surface area contributed by atoms with E-state index in [0.717, 1.165) is 0 Å². The molecule has 1 aromatic heterocycles. The van der Waals surface area contributed by atoms with Gasteiger partial charge < -0.3 is 4.98 Å². The van der Waals surface area contributed by atoms with Crippen molar-refractivity contribution in [3.05, 3.63) is 53.7 Å². The molecule has 0 aliphatic rings. The summed E-state index contributed by atoms with van der Waals surface area (Å²) in [6, 6.07) is 6.83. The summed E-state index contributed by atoms with van der Waals surface area (Å²) in [5.41, 5.74) is -3.23. The number of hydrogen-bond donors (Lipinski definition) is 0. The van der Waals surface area contributed by atoms with Gasteiger partial charge in [0, 0.05) is 26.3 Å². The Morgan fingerprint density at radius 1 is 0.905 bits per heavy atom. The predicted octanol–water partition coefficient (Wildman–Crippen LogP) is 4.58. The third-order valence-corrected chi connectivity index (χ3v) is 2.44. The van der Waals surface area contributed by atoms with E-state index in [2.05, 4.69) is 4.98 Å². The average molecular weight is 482 g/mol. The second-order valence-corrected chi connectivity index (χ2v) is 3.91. The quantitative estimate of drug-likeness (QED) is 0.428. The zero-order valence-electron chi connectivity index (χ0n) is 10.0. The zero-order chi connectivity index (χ0) is 15.0. The molecule has 0 fully saturated rings. The topological polar surface area (TPSA) is 12.9 Å². The van der Waals surface area contributed by atoms with Gasteiger partial charge in [-0.3, -0.25) is 0 Å². The van der Waals surface area contributed by atoms with Crippen molar-refractivity contribution in [3.8, 4) is 11.3 Å². The summed E-state index contributed by atoms with van der Waals surface area (Å²) in [6.07, 6.45) is -8.51. The van der Waals surface area contributed by atoms with E-state index in [4.69, 9.17) is 0 Å². The molecule has 0 aliphatic carbocycles. The van der Waals surface area contributed by atoms with Crippen LogP contribution in [-0.4, -0.2) is 4.98 Å². The number of halogens is 6. The summed E-state index contributed by atoms with van der Waals surface area (Å²) < 4.78 is 75.8. The summed E-state index contributed by atoms with van der Waals surface area (Å²) >= 11 is 0. The van der Waals surface area contributed by atoms with Crippen LogP contribution in [0.2, 0.25) is 0 Å². The molecule has 0 amide bonds. The van der Waals surface area contributed by atoms with Crippen LogP contribution in [0.25, 0.3) is 11.3 Å². The van der Waals surface area contributed by atoms with Crippen LogP contribution >= 0.6 is 0 Å². The molecule has 1 aromatic carbocycles. The number of hydrogen-bond acceptors (Lipinski definition) is 1. The molecule has 1 radical (unpaired) electrons. The van der Waals surface area contributed by atoms with E-state index >= 15 is 0 Å². The zero-order valence-corrected chi connectivity index (χ0v) is 12.4. The van der Waals surface area contributed by atoms with Crippen molar-refractivity contribution >= 4 is 0 Å². The van der Waals surface area contributed by atoms with Gasteiger partial charge in [-0.1, -0.05) is 12.1 Å². The summed E-state index contributed by atoms with van der Waals surface area (Å²) in [4.78, 5) is 3.73. The summed E-state index contributed by atoms with van der Waals surface area (Å²) in [5.74, 6) is 0. The van der Waals surface area contributed by atoms with E-state index in [-0.39, 0.29) is 37.4 Å². The Bertz CT molecular complexity index is 574. The number of pyridine rings is 1. The van der Waals surface area contributed by atoms with Crippen LogP contribution in [0.3, 0.4) is 0 Å². The molecular formula is C13H6F6IrN-. The first-order valence-electron chi connectivity index (χ1n) is 5.31. The van der Waals surface area contributed by atoms with Crippen molar-refractivity contribution in [1.29, 1.82) is 0 Å². The van der Waals surface area contributed by atoms with Gasteiger partial charge in [-0.05, 0) is 22.9 Å². The Morgan fingerprint density at radius 2 is 1.57 bits per heavy atom. The van der Waals surface area contributed by atoms with Crippen LogP contribution in [0.5, 0.6) is 0 Å². The summed E-state index contributed by atoms with van der Waals surface area (Å²) in [7, 11) is 0. The first-order chi connectivity index (χ1) is 9.18. The Balaban J connectivity index is 0.00000220. The van der Waals surface area contributed by atoms with Crippen LogP contribution in [0.4, 0.5) is 26.3 Å². The molecule has 0 aliphatic heterocycles. The van der Waals surface area contributed by atoms with E-state index in [1.165, 1.54) is 24.4 Å². The Morgan fingerprint density at radius 3 is 2.05 bits per heavy atom. The number of rotatable bonds is 1. The standard InChI is InChI=1S/C13H6F6N.Ir/c14-12(15,16)9-5-8(11-3-1-2-4-20-11)6-10(7-9)13(17,18)19;/h1-5,7H;/q-1;. The fourth-order valence-electron chi connectivity index (χ4n) is 1.55. The van der Waals surface area contributed by atoms with Crippen molar-refractivity contribution in [2.75, 3.05) is 0 Å². The van der Waals surface area contributed by atoms with Crippen molar-refractivity contribution in [1.82, 2.24) is 4.98 Å². The van der Waals surface area contributed by atoms with Crippen molar-refractivity contribution < 1.29 is 46.4 Å². The van der Waals surface area contributed by atoms with E-state index in [9.17, 15) is 26.3 Å². The van der Waals surface area contributed by atoms with E-state index < -0.39 is 23.5 Å². The Labute approximate surface area is 129 Å². The molecule has 1 heterocycles. The van der Waals surface area contributed by atoms with Gasteiger partial charge in [0.15, 0.2) is 0 Å². The minimum atomic E-state index is -4.91. The number of aromatic nitrogens is 1. The van der Waals surface area contributed by atoms with Crippen molar-refractivity contribution in [2.45, 2.75) is 12.4 Å². The fraction of sp³-hybridized carbons (Fsp3) is 0.154. The maximum Gasteiger partial charge on any atom is 0.399 e. The van der Waals surface area contributed by atoms with Crippen LogP contribution < -0.4 is 0 Å². The predicted molar refractivity (Wildman–Crippen MR) is 58.5 cm³/mol. The Hall–Kier alpha value is -1.40. The van der Waals surface area contributed by atoms with E-state index in [1.807, 2.05) is 6.07 Å². The van der Waals surface area contributed by atoms with Gasteiger partial charge in [-0.25, -0.2) is 0 Å². The third-order valence-electron chi connectivity index (χ3n) is 2.44. The van der Waals surface area contributed by atoms with Crippen LogP contribution in [0.1, 0.15) is 11.1 Å². The molecule has 0 saturated carbocycles. The van der Waals surface area contributed by atoms with E-state index in [1.54, 1.807) is 0 Å². The Kier molecular flexibility index (Phi) is 5.17. The third kappa shape index (κ3) is 4.28. The van der Waals surface area contributed by atoms with Crippen LogP contribution in [0.15, 0.2) is 36.5 Å². The molecule has 21 heavy (non-hydrogen) atoms. The van der Waals surface area contributed by atoms with Gasteiger partial charge >= 0.3 is 12.4 Å².